The Bertz CT molecular complexity index is 1540. The molecule has 288 valence electrons. The smallest absolute Gasteiger partial charge is 0.308 e. The zero-order valence-electron chi connectivity index (χ0n) is 31.8. The standard InChI is InChI=1S/C37H56N6O7S2/c1-21(2)30(43(7)36(47)27(16-25-12-13-25)40-34(46)29-11-9-10-14-42(29)6)18-31(50-24(5)44)35-41-28(20-52-35)33(45)39-26(15-22(3)37(48)49-8)17-32-38-23(4)19-51-32/h19-22,25-27,29-31H,9-18H2,1-8H3,(H,39,45)(H,40,46)/t22-,26+,27-,29+,30+,31+/m0/s1. The molecule has 0 spiro atoms. The SMILES string of the molecule is COC(=O)[C@@H](C)C[C@H](Cc1nc(C)cs1)NC(=O)c1csc([C@@H](C[C@H](C(C)C)N(C)C(=O)[C@H](CC2CC2)NC(=O)[C@H]2CCCCN2C)OC(C)=O)n1. The van der Waals surface area contributed by atoms with Crippen LogP contribution in [0.2, 0.25) is 0 Å². The molecule has 0 bridgehead atoms. The summed E-state index contributed by atoms with van der Waals surface area (Å²) in [6.45, 7) is 9.85. The van der Waals surface area contributed by atoms with Gasteiger partial charge >= 0.3 is 11.9 Å². The van der Waals surface area contributed by atoms with Crippen LogP contribution in [-0.4, -0.2) is 101 Å². The van der Waals surface area contributed by atoms with Crippen molar-refractivity contribution >= 4 is 52.3 Å². The molecule has 1 aliphatic heterocycles. The van der Waals surface area contributed by atoms with Gasteiger partial charge in [-0.05, 0) is 58.0 Å². The molecule has 3 heterocycles. The highest BCUT2D eigenvalue weighted by molar-refractivity contribution is 7.10. The average Bonchev–Trinajstić information content (AvgIpc) is 3.60. The second-order valence-electron chi connectivity index (χ2n) is 14.8. The molecule has 0 unspecified atom stereocenters. The topological polar surface area (TPSA) is 160 Å². The van der Waals surface area contributed by atoms with Crippen LogP contribution < -0.4 is 10.6 Å². The van der Waals surface area contributed by atoms with E-state index in [0.29, 0.717) is 30.2 Å². The molecule has 6 atom stereocenters. The fourth-order valence-electron chi connectivity index (χ4n) is 6.91. The van der Waals surface area contributed by atoms with E-state index in [1.165, 1.54) is 36.7 Å². The van der Waals surface area contributed by atoms with Crippen LogP contribution in [0.15, 0.2) is 10.8 Å². The maximum absolute atomic E-state index is 14.1. The number of aromatic nitrogens is 2. The Balaban J connectivity index is 1.49. The molecule has 2 aromatic heterocycles. The monoisotopic (exact) mass is 760 g/mol. The van der Waals surface area contributed by atoms with Crippen molar-refractivity contribution in [3.8, 4) is 0 Å². The molecule has 13 nitrogen and oxygen atoms in total. The van der Waals surface area contributed by atoms with Gasteiger partial charge in [-0.25, -0.2) is 9.97 Å². The number of carbonyl (C=O) groups is 5. The van der Waals surface area contributed by atoms with E-state index < -0.39 is 36.0 Å². The van der Waals surface area contributed by atoms with Crippen LogP contribution >= 0.6 is 22.7 Å². The van der Waals surface area contributed by atoms with E-state index in [1.807, 2.05) is 33.2 Å². The number of amides is 3. The number of piperidine rings is 1. The Kier molecular flexibility index (Phi) is 15.1. The molecular formula is C37H56N6O7S2. The molecule has 1 saturated carbocycles. The lowest BCUT2D eigenvalue weighted by atomic mass is 9.95. The number of esters is 2. The minimum atomic E-state index is -0.813. The van der Waals surface area contributed by atoms with Gasteiger partial charge in [0, 0.05) is 55.4 Å². The van der Waals surface area contributed by atoms with Crippen molar-refractivity contribution in [2.75, 3.05) is 27.7 Å². The van der Waals surface area contributed by atoms with E-state index in [1.54, 1.807) is 24.3 Å². The molecule has 0 aromatic carbocycles. The number of nitrogens with zero attached hydrogens (tertiary/aromatic N) is 4. The van der Waals surface area contributed by atoms with Gasteiger partial charge in [0.2, 0.25) is 11.8 Å². The third kappa shape index (κ3) is 11.8. The summed E-state index contributed by atoms with van der Waals surface area (Å²) in [6, 6.07) is -1.66. The Hall–Kier alpha value is -3.43. The summed E-state index contributed by atoms with van der Waals surface area (Å²) in [5, 5.41) is 11.0. The summed E-state index contributed by atoms with van der Waals surface area (Å²) < 4.78 is 10.7. The van der Waals surface area contributed by atoms with Gasteiger partial charge in [0.25, 0.3) is 5.91 Å². The van der Waals surface area contributed by atoms with E-state index in [2.05, 4.69) is 25.5 Å². The highest BCUT2D eigenvalue weighted by atomic mass is 32.1. The van der Waals surface area contributed by atoms with E-state index in [-0.39, 0.29) is 47.9 Å². The van der Waals surface area contributed by atoms with Gasteiger partial charge in [0.05, 0.1) is 24.1 Å². The van der Waals surface area contributed by atoms with Crippen LogP contribution in [0.1, 0.15) is 111 Å². The average molecular weight is 761 g/mol. The van der Waals surface area contributed by atoms with Crippen LogP contribution in [0.3, 0.4) is 0 Å². The fourth-order valence-corrected chi connectivity index (χ4v) is 8.60. The second-order valence-corrected chi connectivity index (χ2v) is 16.6. The number of ether oxygens (including phenoxy) is 2. The minimum absolute atomic E-state index is 0.0245. The highest BCUT2D eigenvalue weighted by Crippen LogP contribution is 2.35. The fraction of sp³-hybridized carbons (Fsp3) is 0.703. The molecule has 4 rings (SSSR count). The maximum Gasteiger partial charge on any atom is 0.308 e. The van der Waals surface area contributed by atoms with Gasteiger partial charge in [0.15, 0.2) is 6.10 Å². The minimum Gasteiger partial charge on any atom is -0.469 e. The number of nitrogens with one attached hydrogen (secondary N) is 2. The first-order valence-electron chi connectivity index (χ1n) is 18.4. The van der Waals surface area contributed by atoms with Crippen molar-refractivity contribution in [3.05, 3.63) is 32.2 Å². The summed E-state index contributed by atoms with van der Waals surface area (Å²) in [4.78, 5) is 78.6. The first kappa shape index (κ1) is 41.3. The number of methoxy groups -OCH3 is 1. The highest BCUT2D eigenvalue weighted by Gasteiger charge is 2.38. The van der Waals surface area contributed by atoms with Crippen molar-refractivity contribution < 1.29 is 33.4 Å². The molecule has 1 aliphatic carbocycles. The zero-order chi connectivity index (χ0) is 38.1. The summed E-state index contributed by atoms with van der Waals surface area (Å²) in [7, 11) is 5.04. The van der Waals surface area contributed by atoms with Crippen LogP contribution in [0, 0.1) is 24.7 Å². The van der Waals surface area contributed by atoms with Crippen molar-refractivity contribution in [2.24, 2.45) is 17.8 Å². The van der Waals surface area contributed by atoms with Gasteiger partial charge < -0.3 is 25.0 Å². The number of carbonyl (C=O) groups excluding carboxylic acids is 5. The lowest BCUT2D eigenvalue weighted by Gasteiger charge is -2.37. The number of hydrogen-bond donors (Lipinski definition) is 2. The lowest BCUT2D eigenvalue weighted by Crippen LogP contribution is -2.56. The summed E-state index contributed by atoms with van der Waals surface area (Å²) >= 11 is 2.70. The van der Waals surface area contributed by atoms with Gasteiger partial charge in [-0.15, -0.1) is 22.7 Å². The second kappa shape index (κ2) is 19.1. The molecule has 0 radical (unpaired) electrons. The van der Waals surface area contributed by atoms with Gasteiger partial charge in [0.1, 0.15) is 16.7 Å². The molecule has 52 heavy (non-hydrogen) atoms. The predicted molar refractivity (Wildman–Crippen MR) is 200 cm³/mol. The third-order valence-corrected chi connectivity index (χ3v) is 12.0. The summed E-state index contributed by atoms with van der Waals surface area (Å²) in [5.41, 5.74) is 1.04. The van der Waals surface area contributed by atoms with Gasteiger partial charge in [-0.2, -0.15) is 0 Å². The van der Waals surface area contributed by atoms with Crippen molar-refractivity contribution in [3.63, 3.8) is 0 Å². The normalized spacial score (nSPS) is 19.2. The van der Waals surface area contributed by atoms with Crippen LogP contribution in [0.4, 0.5) is 0 Å². The Labute approximate surface area is 315 Å². The molecule has 2 N–H and O–H groups in total. The van der Waals surface area contributed by atoms with Crippen molar-refractivity contribution in [1.82, 2.24) is 30.4 Å². The first-order valence-corrected chi connectivity index (χ1v) is 20.1. The van der Waals surface area contributed by atoms with E-state index in [4.69, 9.17) is 9.47 Å². The van der Waals surface area contributed by atoms with E-state index in [9.17, 15) is 24.0 Å². The Morgan fingerprint density at radius 2 is 1.75 bits per heavy atom. The van der Waals surface area contributed by atoms with Gasteiger partial charge in [-0.1, -0.05) is 40.0 Å². The largest absolute Gasteiger partial charge is 0.469 e. The quantitative estimate of drug-likeness (QED) is 0.204. The number of thiazole rings is 2. The van der Waals surface area contributed by atoms with Crippen LogP contribution in [-0.2, 0) is 35.1 Å². The third-order valence-electron chi connectivity index (χ3n) is 10.0. The van der Waals surface area contributed by atoms with Crippen LogP contribution in [0.25, 0.3) is 0 Å². The molecule has 15 heteroatoms. The van der Waals surface area contributed by atoms with Crippen LogP contribution in [0.5, 0.6) is 0 Å². The summed E-state index contributed by atoms with van der Waals surface area (Å²) in [6.07, 6.45) is 5.73. The van der Waals surface area contributed by atoms with Crippen molar-refractivity contribution in [1.29, 1.82) is 0 Å². The molecule has 2 fully saturated rings. The Morgan fingerprint density at radius 1 is 1.02 bits per heavy atom. The molecule has 2 aromatic rings. The molecule has 3 amide bonds. The molecule has 1 saturated heterocycles. The number of likely N-dealkylation sites (N-methyl/N-ethyl adjacent to an activating group) is 2. The number of hydrogen-bond acceptors (Lipinski definition) is 12. The van der Waals surface area contributed by atoms with Crippen molar-refractivity contribution in [2.45, 2.75) is 123 Å². The molecule has 2 aliphatic rings. The number of aryl methyl sites for hydroxylation is 1. The maximum atomic E-state index is 14.1. The predicted octanol–water partition coefficient (Wildman–Crippen LogP) is 4.69. The first-order chi connectivity index (χ1) is 24.7. The number of rotatable bonds is 18. The summed E-state index contributed by atoms with van der Waals surface area (Å²) in [5.74, 6) is -1.63. The van der Waals surface area contributed by atoms with E-state index in [0.717, 1.165) is 49.4 Å². The Morgan fingerprint density at radius 3 is 2.35 bits per heavy atom. The van der Waals surface area contributed by atoms with Gasteiger partial charge in [-0.3, -0.25) is 28.9 Å². The van der Waals surface area contributed by atoms with E-state index >= 15 is 0 Å². The lowest BCUT2D eigenvalue weighted by molar-refractivity contribution is -0.149. The molecular weight excluding hydrogens is 705 g/mol. The number of likely N-dealkylation sites (tertiary alicyclic amines) is 1. The zero-order valence-corrected chi connectivity index (χ0v) is 33.4.